The number of fused-ring (bicyclic) bond motifs is 1. The maximum Gasteiger partial charge on any atom is 0.421 e. The lowest BCUT2D eigenvalue weighted by Crippen LogP contribution is -2.37. The average Bonchev–Trinajstić information content (AvgIpc) is 3.48. The minimum Gasteiger partial charge on any atom is -0.478 e. The Bertz CT molecular complexity index is 1720. The van der Waals surface area contributed by atoms with Gasteiger partial charge in [-0.15, -0.1) is 0 Å². The van der Waals surface area contributed by atoms with Gasteiger partial charge in [0, 0.05) is 51.0 Å². The largest absolute Gasteiger partial charge is 0.478 e. The van der Waals surface area contributed by atoms with Crippen molar-refractivity contribution >= 4 is 28.6 Å². The number of esters is 1. The average molecular weight is 671 g/mol. The van der Waals surface area contributed by atoms with Crippen molar-refractivity contribution in [2.24, 2.45) is 11.3 Å². The molecule has 0 spiro atoms. The summed E-state index contributed by atoms with van der Waals surface area (Å²) in [4.78, 5) is 42.1. The maximum absolute atomic E-state index is 14.0. The first-order valence-corrected chi connectivity index (χ1v) is 15.9. The molecule has 0 unspecified atom stereocenters. The summed E-state index contributed by atoms with van der Waals surface area (Å²) in [6.07, 6.45) is 1.26. The second-order valence-corrected chi connectivity index (χ2v) is 12.5. The molecular formula is C33H41F3N8O4. The van der Waals surface area contributed by atoms with Crippen molar-refractivity contribution in [1.82, 2.24) is 29.9 Å². The predicted molar refractivity (Wildman–Crippen MR) is 175 cm³/mol. The van der Waals surface area contributed by atoms with Crippen molar-refractivity contribution in [3.05, 3.63) is 36.3 Å². The number of nitrogens with zero attached hydrogens (tertiary/aromatic N) is 7. The number of methoxy groups -OCH3 is 1. The Hall–Kier alpha value is -4.53. The van der Waals surface area contributed by atoms with Crippen LogP contribution in [0.1, 0.15) is 46.1 Å². The molecule has 1 saturated heterocycles. The van der Waals surface area contributed by atoms with Gasteiger partial charge in [-0.1, -0.05) is 13.8 Å². The van der Waals surface area contributed by atoms with Gasteiger partial charge in [0.15, 0.2) is 11.5 Å². The third-order valence-electron chi connectivity index (χ3n) is 8.11. The van der Waals surface area contributed by atoms with Gasteiger partial charge in [-0.2, -0.15) is 13.2 Å². The summed E-state index contributed by atoms with van der Waals surface area (Å²) in [5, 5.41) is 0. The van der Waals surface area contributed by atoms with E-state index in [2.05, 4.69) is 43.7 Å². The van der Waals surface area contributed by atoms with E-state index in [1.165, 1.54) is 6.20 Å². The van der Waals surface area contributed by atoms with Gasteiger partial charge in [0.2, 0.25) is 5.88 Å². The Morgan fingerprint density at radius 1 is 1.02 bits per heavy atom. The highest BCUT2D eigenvalue weighted by molar-refractivity contribution is 5.91. The number of ether oxygens (including phenoxy) is 3. The molecule has 258 valence electrons. The van der Waals surface area contributed by atoms with Gasteiger partial charge in [0.05, 0.1) is 49.5 Å². The van der Waals surface area contributed by atoms with Crippen LogP contribution in [0.4, 0.5) is 24.7 Å². The quantitative estimate of drug-likeness (QED) is 0.184. The van der Waals surface area contributed by atoms with Crippen molar-refractivity contribution in [2.75, 3.05) is 63.4 Å². The number of anilines is 2. The fourth-order valence-corrected chi connectivity index (χ4v) is 5.96. The molecule has 12 nitrogen and oxygen atoms in total. The highest BCUT2D eigenvalue weighted by Gasteiger charge is 2.36. The summed E-state index contributed by atoms with van der Waals surface area (Å²) < 4.78 is 57.7. The van der Waals surface area contributed by atoms with Crippen molar-refractivity contribution in [3.8, 4) is 28.7 Å². The summed E-state index contributed by atoms with van der Waals surface area (Å²) in [6.45, 7) is 10.3. The summed E-state index contributed by atoms with van der Waals surface area (Å²) in [5.41, 5.74) is 1.22. The number of halogens is 3. The van der Waals surface area contributed by atoms with Crippen LogP contribution in [0.2, 0.25) is 0 Å². The van der Waals surface area contributed by atoms with Crippen LogP contribution in [-0.2, 0) is 20.4 Å². The van der Waals surface area contributed by atoms with Crippen LogP contribution in [0.3, 0.4) is 0 Å². The van der Waals surface area contributed by atoms with E-state index >= 15 is 0 Å². The first kappa shape index (κ1) is 34.8. The van der Waals surface area contributed by atoms with Gasteiger partial charge in [0.25, 0.3) is 0 Å². The minimum atomic E-state index is -4.68. The van der Waals surface area contributed by atoms with Gasteiger partial charge < -0.3 is 29.0 Å². The zero-order valence-electron chi connectivity index (χ0n) is 28.0. The standard InChI is InChI=1S/C33H41F3N8O4/c1-7-47-30-22(33(34,35)36)13-21(15-39-30)23-14-25(43(5)18-32(3,4)19-46-6)27-29(40-23)42-28(41-27)24-16-38-26(17-37-24)44-11-9-20(10-12-44)31(45)48-8-2/h13-17,20H,7-12,18-19H2,1-6H3,(H,40,41,42). The molecule has 0 saturated carbocycles. The lowest BCUT2D eigenvalue weighted by atomic mass is 9.94. The van der Waals surface area contributed by atoms with E-state index in [1.807, 2.05) is 11.9 Å². The van der Waals surface area contributed by atoms with Crippen molar-refractivity contribution in [1.29, 1.82) is 0 Å². The van der Waals surface area contributed by atoms with Crippen LogP contribution in [0.5, 0.6) is 5.88 Å². The molecule has 15 heteroatoms. The zero-order valence-corrected chi connectivity index (χ0v) is 28.0. The monoisotopic (exact) mass is 670 g/mol. The first-order valence-electron chi connectivity index (χ1n) is 15.9. The molecule has 0 amide bonds. The smallest absolute Gasteiger partial charge is 0.421 e. The molecule has 1 aliphatic heterocycles. The molecule has 1 aliphatic rings. The molecule has 0 bridgehead atoms. The van der Waals surface area contributed by atoms with Crippen molar-refractivity contribution < 1.29 is 32.2 Å². The Morgan fingerprint density at radius 3 is 2.40 bits per heavy atom. The molecule has 0 aliphatic carbocycles. The second kappa shape index (κ2) is 14.3. The Labute approximate surface area is 277 Å². The number of H-pyrrole nitrogens is 1. The number of imidazole rings is 1. The van der Waals surface area contributed by atoms with Crippen LogP contribution < -0.4 is 14.5 Å². The van der Waals surface area contributed by atoms with Gasteiger partial charge >= 0.3 is 12.1 Å². The van der Waals surface area contributed by atoms with Crippen LogP contribution in [-0.4, -0.2) is 89.5 Å². The Kier molecular flexibility index (Phi) is 10.4. The predicted octanol–water partition coefficient (Wildman–Crippen LogP) is 5.78. The molecular weight excluding hydrogens is 629 g/mol. The molecule has 4 aromatic rings. The molecule has 5 heterocycles. The number of aromatic nitrogens is 6. The number of hydrogen-bond donors (Lipinski definition) is 1. The number of aromatic amines is 1. The Morgan fingerprint density at radius 2 is 1.77 bits per heavy atom. The minimum absolute atomic E-state index is 0.0414. The maximum atomic E-state index is 14.0. The molecule has 0 radical (unpaired) electrons. The molecule has 5 rings (SSSR count). The van der Waals surface area contributed by atoms with E-state index in [0.29, 0.717) is 79.9 Å². The van der Waals surface area contributed by atoms with E-state index in [-0.39, 0.29) is 35.2 Å². The third-order valence-corrected chi connectivity index (χ3v) is 8.11. The number of carbonyl (C=O) groups excluding carboxylic acids is 1. The molecule has 48 heavy (non-hydrogen) atoms. The van der Waals surface area contributed by atoms with Gasteiger partial charge in [-0.05, 0) is 38.8 Å². The van der Waals surface area contributed by atoms with E-state index in [9.17, 15) is 18.0 Å². The number of nitrogens with one attached hydrogen (secondary N) is 1. The number of hydrogen-bond acceptors (Lipinski definition) is 11. The number of pyridine rings is 2. The van der Waals surface area contributed by atoms with Crippen LogP contribution >= 0.6 is 0 Å². The molecule has 4 aromatic heterocycles. The number of piperidine rings is 1. The van der Waals surface area contributed by atoms with E-state index in [0.717, 1.165) is 6.07 Å². The van der Waals surface area contributed by atoms with Crippen molar-refractivity contribution in [2.45, 2.75) is 46.7 Å². The van der Waals surface area contributed by atoms with E-state index in [4.69, 9.17) is 19.2 Å². The number of carbonyl (C=O) groups is 1. The van der Waals surface area contributed by atoms with Gasteiger partial charge in [0.1, 0.15) is 22.6 Å². The first-order chi connectivity index (χ1) is 22.8. The second-order valence-electron chi connectivity index (χ2n) is 12.5. The van der Waals surface area contributed by atoms with E-state index < -0.39 is 17.6 Å². The molecule has 1 fully saturated rings. The highest BCUT2D eigenvalue weighted by atomic mass is 19.4. The normalized spacial score (nSPS) is 14.4. The zero-order chi connectivity index (χ0) is 34.6. The summed E-state index contributed by atoms with van der Waals surface area (Å²) in [6, 6.07) is 2.72. The highest BCUT2D eigenvalue weighted by Crippen LogP contribution is 2.39. The topological polar surface area (TPSA) is 131 Å². The Balaban J connectivity index is 1.50. The van der Waals surface area contributed by atoms with Crippen LogP contribution in [0.25, 0.3) is 33.9 Å². The molecule has 0 aromatic carbocycles. The van der Waals surface area contributed by atoms with Gasteiger partial charge in [-0.25, -0.2) is 24.9 Å². The fourth-order valence-electron chi connectivity index (χ4n) is 5.96. The lowest BCUT2D eigenvalue weighted by molar-refractivity contribution is -0.148. The summed E-state index contributed by atoms with van der Waals surface area (Å²) in [5.74, 6) is 0.323. The summed E-state index contributed by atoms with van der Waals surface area (Å²) >= 11 is 0. The molecule has 0 atom stereocenters. The fraction of sp³-hybridized carbons (Fsp3) is 0.515. The van der Waals surface area contributed by atoms with Gasteiger partial charge in [-0.3, -0.25) is 4.79 Å². The van der Waals surface area contributed by atoms with Crippen LogP contribution in [0, 0.1) is 11.3 Å². The lowest BCUT2D eigenvalue weighted by Gasteiger charge is -2.31. The third kappa shape index (κ3) is 7.77. The number of alkyl halides is 3. The van der Waals surface area contributed by atoms with E-state index in [1.54, 1.807) is 39.4 Å². The SMILES string of the molecule is CCOC(=O)C1CCN(c2cnc(-c3nc4nc(-c5cnc(OCC)c(C(F)(F)F)c5)cc(N(C)CC(C)(C)COC)c4[nH]3)cn2)CC1. The van der Waals surface area contributed by atoms with Crippen molar-refractivity contribution in [3.63, 3.8) is 0 Å². The number of rotatable bonds is 12. The molecule has 1 N–H and O–H groups in total. The van der Waals surface area contributed by atoms with Crippen LogP contribution in [0.15, 0.2) is 30.7 Å². The summed E-state index contributed by atoms with van der Waals surface area (Å²) in [7, 11) is 3.54.